The van der Waals surface area contributed by atoms with Crippen LogP contribution in [-0.2, 0) is 16.0 Å². The van der Waals surface area contributed by atoms with Gasteiger partial charge >= 0.3 is 6.03 Å². The number of likely N-dealkylation sites (N-methyl/N-ethyl adjacent to an activating group) is 1. The predicted octanol–water partition coefficient (Wildman–Crippen LogP) is 3.67. The Morgan fingerprint density at radius 2 is 2.09 bits per heavy atom. The molecule has 0 aliphatic carbocycles. The molecule has 1 aromatic carbocycles. The fourth-order valence-electron chi connectivity index (χ4n) is 4.18. The third-order valence-electron chi connectivity index (χ3n) is 6.04. The highest BCUT2D eigenvalue weighted by Gasteiger charge is 2.55. The van der Waals surface area contributed by atoms with E-state index in [1.165, 1.54) is 16.2 Å². The standard InChI is InChI=1S/C24H25ClN6O3S/c1-3-18(15-5-4-6-16(25)11-15)29-24(34)31-21(23(33)30(2)20-12-35-13-28-20)17(22(31)32)9-14-7-8-27-19(26)10-14/h4-8,10-13,17-18,21H,3,9H2,1-2H3,(H2,26,27)(H,29,34)/t17-,18?,21+/m1/s1. The summed E-state index contributed by atoms with van der Waals surface area (Å²) >= 11 is 7.47. The third-order valence-corrected chi connectivity index (χ3v) is 6.85. The summed E-state index contributed by atoms with van der Waals surface area (Å²) in [6, 6.07) is 8.58. The van der Waals surface area contributed by atoms with Crippen LogP contribution in [0.5, 0.6) is 0 Å². The highest BCUT2D eigenvalue weighted by molar-refractivity contribution is 7.07. The molecule has 1 saturated heterocycles. The van der Waals surface area contributed by atoms with Crippen LogP contribution in [0.25, 0.3) is 0 Å². The molecule has 4 amide bonds. The monoisotopic (exact) mass is 512 g/mol. The van der Waals surface area contributed by atoms with Crippen LogP contribution < -0.4 is 16.0 Å². The summed E-state index contributed by atoms with van der Waals surface area (Å²) in [4.78, 5) is 50.5. The number of carbonyl (C=O) groups is 3. The predicted molar refractivity (Wildman–Crippen MR) is 135 cm³/mol. The molecular formula is C24H25ClN6O3S. The molecule has 1 aliphatic heterocycles. The van der Waals surface area contributed by atoms with Gasteiger partial charge in [0.1, 0.15) is 17.7 Å². The maximum Gasteiger partial charge on any atom is 0.325 e. The minimum atomic E-state index is -0.986. The Bertz CT molecular complexity index is 1240. The molecule has 1 unspecified atom stereocenters. The largest absolute Gasteiger partial charge is 0.384 e. The zero-order valence-corrected chi connectivity index (χ0v) is 20.8. The summed E-state index contributed by atoms with van der Waals surface area (Å²) in [6.45, 7) is 1.92. The Morgan fingerprint density at radius 1 is 1.29 bits per heavy atom. The van der Waals surface area contributed by atoms with Gasteiger partial charge in [0.15, 0.2) is 0 Å². The zero-order chi connectivity index (χ0) is 25.1. The van der Waals surface area contributed by atoms with Gasteiger partial charge in [-0.2, -0.15) is 0 Å². The summed E-state index contributed by atoms with van der Waals surface area (Å²) in [6.07, 6.45) is 2.38. The lowest BCUT2D eigenvalue weighted by atomic mass is 9.81. The van der Waals surface area contributed by atoms with Gasteiger partial charge in [-0.25, -0.2) is 14.8 Å². The molecule has 0 radical (unpaired) electrons. The molecule has 0 spiro atoms. The van der Waals surface area contributed by atoms with E-state index < -0.39 is 29.8 Å². The lowest BCUT2D eigenvalue weighted by molar-refractivity contribution is -0.156. The number of pyridine rings is 1. The van der Waals surface area contributed by atoms with Gasteiger partial charge in [-0.05, 0) is 48.2 Å². The van der Waals surface area contributed by atoms with Crippen LogP contribution in [0.15, 0.2) is 53.5 Å². The summed E-state index contributed by atoms with van der Waals surface area (Å²) in [7, 11) is 1.58. The van der Waals surface area contributed by atoms with Crippen molar-refractivity contribution in [3.8, 4) is 0 Å². The van der Waals surface area contributed by atoms with Gasteiger partial charge in [-0.3, -0.25) is 19.4 Å². The molecular weight excluding hydrogens is 488 g/mol. The van der Waals surface area contributed by atoms with Crippen molar-refractivity contribution in [1.29, 1.82) is 0 Å². The quantitative estimate of drug-likeness (QED) is 0.466. The van der Waals surface area contributed by atoms with E-state index in [0.29, 0.717) is 23.1 Å². The molecule has 1 aliphatic rings. The van der Waals surface area contributed by atoms with Gasteiger partial charge in [0.2, 0.25) is 5.91 Å². The Hall–Kier alpha value is -3.50. The van der Waals surface area contributed by atoms with Crippen LogP contribution in [0.2, 0.25) is 5.02 Å². The highest BCUT2D eigenvalue weighted by Crippen LogP contribution is 2.33. The van der Waals surface area contributed by atoms with Crippen LogP contribution in [-0.4, -0.2) is 45.8 Å². The number of benzene rings is 1. The zero-order valence-electron chi connectivity index (χ0n) is 19.2. The average molecular weight is 513 g/mol. The van der Waals surface area contributed by atoms with Gasteiger partial charge in [0.05, 0.1) is 17.5 Å². The highest BCUT2D eigenvalue weighted by atomic mass is 35.5. The number of aromatic nitrogens is 2. The van der Waals surface area contributed by atoms with Crippen LogP contribution in [0.1, 0.15) is 30.5 Å². The van der Waals surface area contributed by atoms with Crippen LogP contribution in [0, 0.1) is 5.92 Å². The number of urea groups is 1. The normalized spacial score (nSPS) is 18.0. The first kappa shape index (κ1) is 24.6. The number of thiazole rings is 1. The Morgan fingerprint density at radius 3 is 2.74 bits per heavy atom. The second-order valence-electron chi connectivity index (χ2n) is 8.26. The fraction of sp³-hybridized carbons (Fsp3) is 0.292. The summed E-state index contributed by atoms with van der Waals surface area (Å²) in [5, 5.41) is 5.16. The summed E-state index contributed by atoms with van der Waals surface area (Å²) < 4.78 is 0. The first-order chi connectivity index (χ1) is 16.8. The topological polar surface area (TPSA) is 122 Å². The van der Waals surface area contributed by atoms with E-state index in [0.717, 1.165) is 16.0 Å². The number of nitrogens with one attached hydrogen (secondary N) is 1. The number of amides is 4. The molecule has 0 saturated carbocycles. The second kappa shape index (κ2) is 10.4. The van der Waals surface area contributed by atoms with Crippen molar-refractivity contribution in [2.45, 2.75) is 31.8 Å². The van der Waals surface area contributed by atoms with Gasteiger partial charge < -0.3 is 11.1 Å². The molecule has 3 atom stereocenters. The number of carbonyl (C=O) groups excluding carboxylic acids is 3. The number of likely N-dealkylation sites (tertiary alicyclic amines) is 1. The number of halogens is 1. The maximum absolute atomic E-state index is 13.5. The van der Waals surface area contributed by atoms with E-state index in [4.69, 9.17) is 17.3 Å². The summed E-state index contributed by atoms with van der Waals surface area (Å²) in [5.74, 6) is -0.768. The van der Waals surface area contributed by atoms with Crippen molar-refractivity contribution >= 4 is 52.4 Å². The number of rotatable bonds is 7. The first-order valence-corrected chi connectivity index (χ1v) is 12.4. The second-order valence-corrected chi connectivity index (χ2v) is 9.42. The maximum atomic E-state index is 13.5. The van der Waals surface area contributed by atoms with Crippen molar-refractivity contribution in [3.63, 3.8) is 0 Å². The molecule has 35 heavy (non-hydrogen) atoms. The van der Waals surface area contributed by atoms with Crippen LogP contribution >= 0.6 is 22.9 Å². The molecule has 4 rings (SSSR count). The number of hydrogen-bond acceptors (Lipinski definition) is 7. The lowest BCUT2D eigenvalue weighted by Crippen LogP contribution is -2.70. The van der Waals surface area contributed by atoms with Crippen molar-refractivity contribution in [1.82, 2.24) is 20.2 Å². The van der Waals surface area contributed by atoms with Gasteiger partial charge in [-0.15, -0.1) is 11.3 Å². The molecule has 11 heteroatoms. The molecule has 3 heterocycles. The number of imide groups is 1. The Balaban J connectivity index is 1.59. The minimum absolute atomic E-state index is 0.252. The summed E-state index contributed by atoms with van der Waals surface area (Å²) in [5.41, 5.74) is 8.97. The number of β-lactam (4-membered cyclic amide) rings is 1. The lowest BCUT2D eigenvalue weighted by Gasteiger charge is -2.45. The van der Waals surface area contributed by atoms with Crippen LogP contribution in [0.3, 0.4) is 0 Å². The smallest absolute Gasteiger partial charge is 0.325 e. The number of anilines is 2. The van der Waals surface area contributed by atoms with Gasteiger partial charge in [0, 0.05) is 23.6 Å². The van der Waals surface area contributed by atoms with Crippen molar-refractivity contribution in [2.75, 3.05) is 17.7 Å². The first-order valence-electron chi connectivity index (χ1n) is 11.0. The molecule has 3 aromatic rings. The van der Waals surface area contributed by atoms with Gasteiger partial charge in [0.25, 0.3) is 5.91 Å². The van der Waals surface area contributed by atoms with E-state index in [9.17, 15) is 14.4 Å². The SMILES string of the molecule is CCC(NC(=O)N1C(=O)[C@H](Cc2ccnc(N)c2)[C@H]1C(=O)N(C)c1cscn1)c1cccc(Cl)c1. The minimum Gasteiger partial charge on any atom is -0.384 e. The number of nitrogens with zero attached hydrogens (tertiary/aromatic N) is 4. The van der Waals surface area contributed by atoms with Crippen molar-refractivity contribution < 1.29 is 14.4 Å². The number of nitrogen functional groups attached to an aromatic ring is 1. The van der Waals surface area contributed by atoms with E-state index in [-0.39, 0.29) is 12.5 Å². The number of hydrogen-bond donors (Lipinski definition) is 2. The van der Waals surface area contributed by atoms with Crippen molar-refractivity contribution in [2.24, 2.45) is 5.92 Å². The molecule has 3 N–H and O–H groups in total. The Labute approximate surface area is 211 Å². The van der Waals surface area contributed by atoms with Crippen LogP contribution in [0.4, 0.5) is 16.4 Å². The molecule has 182 valence electrons. The molecule has 1 fully saturated rings. The molecule has 2 aromatic heterocycles. The van der Waals surface area contributed by atoms with E-state index >= 15 is 0 Å². The van der Waals surface area contributed by atoms with E-state index in [1.54, 1.807) is 54.5 Å². The molecule has 9 nitrogen and oxygen atoms in total. The van der Waals surface area contributed by atoms with E-state index in [1.807, 2.05) is 13.0 Å². The van der Waals surface area contributed by atoms with Crippen molar-refractivity contribution in [3.05, 3.63) is 69.6 Å². The Kier molecular flexibility index (Phi) is 7.32. The fourth-order valence-corrected chi connectivity index (χ4v) is 4.95. The molecule has 0 bridgehead atoms. The van der Waals surface area contributed by atoms with E-state index in [2.05, 4.69) is 15.3 Å². The third kappa shape index (κ3) is 5.13. The van der Waals surface area contributed by atoms with Gasteiger partial charge in [-0.1, -0.05) is 30.7 Å². The average Bonchev–Trinajstić information content (AvgIpc) is 3.38. The number of nitrogens with two attached hydrogens (primary N) is 1.